The van der Waals surface area contributed by atoms with E-state index in [2.05, 4.69) is 251 Å². The van der Waals surface area contributed by atoms with Gasteiger partial charge in [0.1, 0.15) is 0 Å². The normalized spacial score (nSPS) is 11.4. The molecule has 0 saturated heterocycles. The topological polar surface area (TPSA) is 11.4 Å². The Morgan fingerprint density at radius 3 is 1.31 bits per heavy atom. The average molecular weight is 754 g/mol. The van der Waals surface area contributed by atoms with Crippen LogP contribution in [0.2, 0.25) is 0 Å². The summed E-state index contributed by atoms with van der Waals surface area (Å²) in [5, 5.41) is 7.28. The first kappa shape index (κ1) is 34.4. The van der Waals surface area contributed by atoms with Crippen molar-refractivity contribution < 1.29 is 0 Å². The maximum absolute atomic E-state index is 2.39. The molecule has 0 aliphatic carbocycles. The lowest BCUT2D eigenvalue weighted by molar-refractivity contribution is 1.18. The Kier molecular flexibility index (Phi) is 8.49. The van der Waals surface area contributed by atoms with Crippen LogP contribution in [0.5, 0.6) is 0 Å². The lowest BCUT2D eigenvalue weighted by Crippen LogP contribution is -2.13. The molecular weight excluding hydrogens is 715 g/mol. The maximum atomic E-state index is 2.39. The minimum atomic E-state index is 1.06. The third-order valence-electron chi connectivity index (χ3n) is 11.5. The Morgan fingerprint density at radius 1 is 0.254 bits per heavy atom. The first-order valence-electron chi connectivity index (χ1n) is 20.2. The van der Waals surface area contributed by atoms with E-state index in [-0.39, 0.29) is 0 Å². The molecule has 0 unspecified atom stereocenters. The zero-order valence-electron chi connectivity index (χ0n) is 32.4. The fourth-order valence-electron chi connectivity index (χ4n) is 8.71. The summed E-state index contributed by atoms with van der Waals surface area (Å²) in [6, 6.07) is 85.6. The summed E-state index contributed by atoms with van der Waals surface area (Å²) in [6.45, 7) is 0. The van der Waals surface area contributed by atoms with Gasteiger partial charge in [0.2, 0.25) is 0 Å². The van der Waals surface area contributed by atoms with Crippen LogP contribution in [0.25, 0.3) is 60.2 Å². The number of nitrogens with zero attached hydrogens (tertiary/aromatic N) is 3. The average Bonchev–Trinajstić information content (AvgIpc) is 3.64. The molecule has 0 saturated carbocycles. The van der Waals surface area contributed by atoms with Crippen molar-refractivity contribution in [2.24, 2.45) is 0 Å². The molecule has 3 heteroatoms. The number of hydrogen-bond acceptors (Lipinski definition) is 2. The van der Waals surface area contributed by atoms with E-state index in [1.807, 2.05) is 0 Å². The van der Waals surface area contributed by atoms with Gasteiger partial charge in [-0.2, -0.15) is 0 Å². The van der Waals surface area contributed by atoms with Gasteiger partial charge in [0.15, 0.2) is 0 Å². The van der Waals surface area contributed by atoms with Crippen LogP contribution in [0.3, 0.4) is 0 Å². The van der Waals surface area contributed by atoms with Crippen molar-refractivity contribution in [3.8, 4) is 16.8 Å². The van der Waals surface area contributed by atoms with Crippen LogP contribution < -0.4 is 9.80 Å². The van der Waals surface area contributed by atoms with Crippen molar-refractivity contribution in [1.29, 1.82) is 0 Å². The first-order chi connectivity index (χ1) is 29.2. The van der Waals surface area contributed by atoms with Crippen molar-refractivity contribution in [1.82, 2.24) is 4.57 Å². The van der Waals surface area contributed by atoms with Gasteiger partial charge >= 0.3 is 0 Å². The summed E-state index contributed by atoms with van der Waals surface area (Å²) in [6.07, 6.45) is 0. The second-order valence-corrected chi connectivity index (χ2v) is 15.1. The number of hydrogen-bond donors (Lipinski definition) is 0. The van der Waals surface area contributed by atoms with Gasteiger partial charge in [-0.05, 0) is 130 Å². The molecule has 1 heterocycles. The number of rotatable bonds is 8. The van der Waals surface area contributed by atoms with Gasteiger partial charge in [-0.15, -0.1) is 0 Å². The Morgan fingerprint density at radius 2 is 0.729 bits per heavy atom. The molecule has 0 bridgehead atoms. The van der Waals surface area contributed by atoms with Crippen LogP contribution in [0.4, 0.5) is 34.1 Å². The van der Waals surface area contributed by atoms with Gasteiger partial charge in [-0.1, -0.05) is 140 Å². The Hall–Kier alpha value is -7.88. The summed E-state index contributed by atoms with van der Waals surface area (Å²) in [5.41, 5.74) is 12.3. The molecule has 278 valence electrons. The highest BCUT2D eigenvalue weighted by atomic mass is 15.2. The summed E-state index contributed by atoms with van der Waals surface area (Å²) in [4.78, 5) is 4.78. The molecule has 11 aromatic rings. The molecule has 0 aliphatic rings. The van der Waals surface area contributed by atoms with E-state index in [0.29, 0.717) is 0 Å². The fraction of sp³-hybridized carbons (Fsp3) is 0. The Bertz CT molecular complexity index is 3140. The number of benzene rings is 10. The molecule has 0 spiro atoms. The van der Waals surface area contributed by atoms with Gasteiger partial charge in [-0.25, -0.2) is 0 Å². The van der Waals surface area contributed by atoms with E-state index in [1.54, 1.807) is 0 Å². The molecule has 0 atom stereocenters. The number of anilines is 6. The molecular formula is C56H39N3. The quantitative estimate of drug-likeness (QED) is 0.153. The van der Waals surface area contributed by atoms with Crippen LogP contribution in [-0.2, 0) is 0 Å². The highest BCUT2D eigenvalue weighted by Gasteiger charge is 2.21. The molecule has 3 nitrogen and oxygen atoms in total. The zero-order chi connectivity index (χ0) is 39.1. The predicted octanol–water partition coefficient (Wildman–Crippen LogP) is 15.7. The Balaban J connectivity index is 1.18. The summed E-state index contributed by atoms with van der Waals surface area (Å²) in [7, 11) is 0. The number of aromatic nitrogens is 1. The van der Waals surface area contributed by atoms with Gasteiger partial charge in [0.05, 0.1) is 11.0 Å². The lowest BCUT2D eigenvalue weighted by Gasteiger charge is -2.30. The van der Waals surface area contributed by atoms with Gasteiger partial charge in [-0.3, -0.25) is 0 Å². The van der Waals surface area contributed by atoms with Crippen LogP contribution in [0, 0.1) is 0 Å². The van der Waals surface area contributed by atoms with Gasteiger partial charge < -0.3 is 14.4 Å². The van der Waals surface area contributed by atoms with E-state index in [0.717, 1.165) is 50.9 Å². The van der Waals surface area contributed by atoms with E-state index < -0.39 is 0 Å². The smallest absolute Gasteiger partial charge is 0.0541 e. The van der Waals surface area contributed by atoms with Crippen LogP contribution in [0.15, 0.2) is 237 Å². The van der Waals surface area contributed by atoms with E-state index in [4.69, 9.17) is 0 Å². The van der Waals surface area contributed by atoms with Crippen LogP contribution >= 0.6 is 0 Å². The standard InChI is InChI=1S/C56H39N3/c1-4-20-46(21-5-1)57(49-31-28-40-16-10-12-18-42(40)34-49)51-36-45(44-30-33-56-54(38-44)53-26-14-15-27-55(53)59(56)48-24-8-3-9-25-48)37-52(39-51)58(47-22-6-2-7-23-47)50-32-29-41-17-11-13-19-43(41)35-50/h1-39H. The second-order valence-electron chi connectivity index (χ2n) is 15.1. The molecule has 0 radical (unpaired) electrons. The largest absolute Gasteiger partial charge is 0.310 e. The van der Waals surface area contributed by atoms with Crippen molar-refractivity contribution in [2.75, 3.05) is 9.80 Å². The van der Waals surface area contributed by atoms with Gasteiger partial charge in [0, 0.05) is 50.6 Å². The van der Waals surface area contributed by atoms with Crippen LogP contribution in [-0.4, -0.2) is 4.57 Å². The molecule has 0 fully saturated rings. The fourth-order valence-corrected chi connectivity index (χ4v) is 8.71. The molecule has 0 aliphatic heterocycles. The minimum Gasteiger partial charge on any atom is -0.310 e. The third kappa shape index (κ3) is 6.26. The molecule has 59 heavy (non-hydrogen) atoms. The molecule has 0 amide bonds. The second kappa shape index (κ2) is 14.6. The van der Waals surface area contributed by atoms with Crippen molar-refractivity contribution >= 4 is 77.5 Å². The highest BCUT2D eigenvalue weighted by Crippen LogP contribution is 2.45. The molecule has 0 N–H and O–H groups in total. The summed E-state index contributed by atoms with van der Waals surface area (Å²) < 4.78 is 2.38. The third-order valence-corrected chi connectivity index (χ3v) is 11.5. The minimum absolute atomic E-state index is 1.06. The van der Waals surface area contributed by atoms with Gasteiger partial charge in [0.25, 0.3) is 0 Å². The lowest BCUT2D eigenvalue weighted by atomic mass is 9.99. The summed E-state index contributed by atoms with van der Waals surface area (Å²) in [5.74, 6) is 0. The summed E-state index contributed by atoms with van der Waals surface area (Å²) >= 11 is 0. The van der Waals surface area contributed by atoms with Crippen molar-refractivity contribution in [3.05, 3.63) is 237 Å². The van der Waals surface area contributed by atoms with E-state index >= 15 is 0 Å². The van der Waals surface area contributed by atoms with E-state index in [1.165, 1.54) is 43.4 Å². The highest BCUT2D eigenvalue weighted by molar-refractivity contribution is 6.10. The molecule has 1 aromatic heterocycles. The monoisotopic (exact) mass is 753 g/mol. The maximum Gasteiger partial charge on any atom is 0.0541 e. The van der Waals surface area contributed by atoms with E-state index in [9.17, 15) is 0 Å². The first-order valence-corrected chi connectivity index (χ1v) is 20.2. The molecule has 10 aromatic carbocycles. The van der Waals surface area contributed by atoms with Crippen molar-refractivity contribution in [3.63, 3.8) is 0 Å². The van der Waals surface area contributed by atoms with Crippen LogP contribution in [0.1, 0.15) is 0 Å². The predicted molar refractivity (Wildman–Crippen MR) is 251 cm³/mol. The Labute approximate surface area is 343 Å². The zero-order valence-corrected chi connectivity index (χ0v) is 32.4. The number of fused-ring (bicyclic) bond motifs is 5. The number of para-hydroxylation sites is 4. The SMILES string of the molecule is c1ccc(N(c2cc(-c3ccc4c(c3)c3ccccc3n4-c3ccccc3)cc(N(c3ccccc3)c3ccc4ccccc4c3)c2)c2ccc3ccccc3c2)cc1. The molecule has 11 rings (SSSR count). The van der Waals surface area contributed by atoms with Crippen molar-refractivity contribution in [2.45, 2.75) is 0 Å².